The molecule has 0 saturated carbocycles. The van der Waals surface area contributed by atoms with Crippen LogP contribution in [0.5, 0.6) is 0 Å². The number of esters is 1. The number of fused-ring (bicyclic) bond motifs is 1. The highest BCUT2D eigenvalue weighted by atomic mass is 35.5. The minimum Gasteiger partial charge on any atom is -0.466 e. The third kappa shape index (κ3) is 4.08. The second-order valence-electron chi connectivity index (χ2n) is 6.79. The molecule has 0 radical (unpaired) electrons. The first kappa shape index (κ1) is 21.8. The molecule has 0 fully saturated rings. The molecule has 2 aromatic carbocycles. The normalized spacial score (nSPS) is 16.2. The van der Waals surface area contributed by atoms with Crippen LogP contribution in [-0.4, -0.2) is 17.6 Å². The van der Waals surface area contributed by atoms with Crippen LogP contribution in [0.15, 0.2) is 63.5 Å². The van der Waals surface area contributed by atoms with E-state index in [9.17, 15) is 9.59 Å². The summed E-state index contributed by atoms with van der Waals surface area (Å²) in [5.41, 5.74) is 1.88. The predicted octanol–water partition coefficient (Wildman–Crippen LogP) is 4.37. The first-order chi connectivity index (χ1) is 14.8. The number of benzene rings is 2. The first-order valence-corrected chi connectivity index (χ1v) is 11.1. The zero-order valence-corrected chi connectivity index (χ0v) is 19.4. The van der Waals surface area contributed by atoms with Crippen molar-refractivity contribution in [2.75, 3.05) is 7.11 Å². The summed E-state index contributed by atoms with van der Waals surface area (Å²) in [6.45, 7) is 1.72. The fourth-order valence-corrected chi connectivity index (χ4v) is 5.04. The first-order valence-electron chi connectivity index (χ1n) is 9.11. The number of nitrogens with zero attached hydrogens (tertiary/aromatic N) is 2. The van der Waals surface area contributed by atoms with Crippen molar-refractivity contribution in [2.45, 2.75) is 13.0 Å². The molecule has 31 heavy (non-hydrogen) atoms. The van der Waals surface area contributed by atoms with E-state index in [0.717, 1.165) is 5.56 Å². The lowest BCUT2D eigenvalue weighted by Gasteiger charge is -2.24. The summed E-state index contributed by atoms with van der Waals surface area (Å²) in [6, 6.07) is 11.3. The van der Waals surface area contributed by atoms with Gasteiger partial charge in [-0.1, -0.05) is 64.3 Å². The van der Waals surface area contributed by atoms with Crippen LogP contribution in [0.25, 0.3) is 6.08 Å². The van der Waals surface area contributed by atoms with Crippen LogP contribution >= 0.6 is 46.1 Å². The highest BCUT2D eigenvalue weighted by Crippen LogP contribution is 2.31. The van der Waals surface area contributed by atoms with Crippen LogP contribution in [-0.2, 0) is 9.53 Å². The monoisotopic (exact) mass is 492 g/mol. The van der Waals surface area contributed by atoms with Crippen molar-refractivity contribution in [3.05, 3.63) is 99.6 Å². The van der Waals surface area contributed by atoms with Crippen molar-refractivity contribution in [1.82, 2.24) is 4.57 Å². The summed E-state index contributed by atoms with van der Waals surface area (Å²) >= 11 is 19.5. The van der Waals surface area contributed by atoms with Gasteiger partial charge in [0.25, 0.3) is 5.56 Å². The van der Waals surface area contributed by atoms with Gasteiger partial charge in [-0.15, -0.1) is 0 Å². The summed E-state index contributed by atoms with van der Waals surface area (Å²) in [4.78, 5) is 31.0. The van der Waals surface area contributed by atoms with Gasteiger partial charge in [-0.2, -0.15) is 0 Å². The molecule has 1 aromatic heterocycles. The van der Waals surface area contributed by atoms with E-state index in [4.69, 9.17) is 39.5 Å². The molecule has 1 aliphatic heterocycles. The molecule has 0 aliphatic carbocycles. The van der Waals surface area contributed by atoms with Gasteiger partial charge < -0.3 is 4.74 Å². The Labute approximate surface area is 196 Å². The quantitative estimate of drug-likeness (QED) is 0.509. The molecule has 0 saturated heterocycles. The maximum atomic E-state index is 13.4. The Morgan fingerprint density at radius 1 is 1.13 bits per heavy atom. The summed E-state index contributed by atoms with van der Waals surface area (Å²) in [5, 5.41) is 1.48. The Morgan fingerprint density at radius 3 is 2.45 bits per heavy atom. The highest BCUT2D eigenvalue weighted by Gasteiger charge is 2.33. The van der Waals surface area contributed by atoms with Crippen molar-refractivity contribution in [2.24, 2.45) is 4.99 Å². The van der Waals surface area contributed by atoms with E-state index in [1.165, 1.54) is 23.0 Å². The van der Waals surface area contributed by atoms with Crippen LogP contribution in [0.4, 0.5) is 0 Å². The minimum absolute atomic E-state index is 0.288. The number of rotatable bonds is 3. The van der Waals surface area contributed by atoms with Gasteiger partial charge >= 0.3 is 5.97 Å². The number of halogens is 3. The molecule has 1 aliphatic rings. The van der Waals surface area contributed by atoms with Gasteiger partial charge in [-0.3, -0.25) is 9.36 Å². The van der Waals surface area contributed by atoms with E-state index >= 15 is 0 Å². The molecule has 5 nitrogen and oxygen atoms in total. The van der Waals surface area contributed by atoms with E-state index in [0.29, 0.717) is 41.2 Å². The van der Waals surface area contributed by atoms with Crippen LogP contribution in [0, 0.1) is 0 Å². The molecule has 9 heteroatoms. The Balaban J connectivity index is 1.98. The van der Waals surface area contributed by atoms with Gasteiger partial charge in [0.2, 0.25) is 0 Å². The van der Waals surface area contributed by atoms with Crippen molar-refractivity contribution in [3.8, 4) is 0 Å². The van der Waals surface area contributed by atoms with E-state index < -0.39 is 12.0 Å². The number of methoxy groups -OCH3 is 1. The Kier molecular flexibility index (Phi) is 6.08. The highest BCUT2D eigenvalue weighted by molar-refractivity contribution is 7.07. The zero-order valence-electron chi connectivity index (χ0n) is 16.4. The van der Waals surface area contributed by atoms with Gasteiger partial charge in [-0.25, -0.2) is 9.79 Å². The number of hydrogen-bond acceptors (Lipinski definition) is 5. The molecule has 1 atom stereocenters. The molecule has 0 spiro atoms. The lowest BCUT2D eigenvalue weighted by Crippen LogP contribution is -2.39. The van der Waals surface area contributed by atoms with Crippen molar-refractivity contribution < 1.29 is 9.53 Å². The second kappa shape index (κ2) is 8.63. The number of aromatic nitrogens is 1. The topological polar surface area (TPSA) is 60.7 Å². The molecule has 4 rings (SSSR count). The Hall–Kier alpha value is -2.38. The Bertz CT molecular complexity index is 1410. The molecule has 0 unspecified atom stereocenters. The van der Waals surface area contributed by atoms with Gasteiger partial charge in [-0.05, 0) is 48.4 Å². The fraction of sp³-hybridized carbons (Fsp3) is 0.136. The molecule has 3 aromatic rings. The predicted molar refractivity (Wildman–Crippen MR) is 124 cm³/mol. The fourth-order valence-electron chi connectivity index (χ4n) is 3.41. The van der Waals surface area contributed by atoms with Crippen LogP contribution in [0.1, 0.15) is 24.1 Å². The van der Waals surface area contributed by atoms with Crippen molar-refractivity contribution in [1.29, 1.82) is 0 Å². The zero-order chi connectivity index (χ0) is 22.3. The average molecular weight is 494 g/mol. The van der Waals surface area contributed by atoms with E-state index in [1.807, 2.05) is 0 Å². The van der Waals surface area contributed by atoms with Crippen LogP contribution in [0.2, 0.25) is 15.1 Å². The number of thiazole rings is 1. The maximum Gasteiger partial charge on any atom is 0.338 e. The smallest absolute Gasteiger partial charge is 0.338 e. The molecule has 0 amide bonds. The van der Waals surface area contributed by atoms with Gasteiger partial charge in [0.15, 0.2) is 4.80 Å². The van der Waals surface area contributed by atoms with Gasteiger partial charge in [0.1, 0.15) is 0 Å². The third-order valence-corrected chi connectivity index (χ3v) is 6.66. The summed E-state index contributed by atoms with van der Waals surface area (Å²) < 4.78 is 6.92. The standard InChI is InChI=1S/C22H15Cl3N2O3S/c1-11-18(21(29)30-2)19(12-3-6-14(23)7-4-12)27-20(28)17(31-22(27)26-11)9-13-5-8-15(24)10-16(13)25/h3-10,19H,1-2H3/b17-9-/t19-/m1/s1. The molecule has 2 heterocycles. The third-order valence-electron chi connectivity index (χ3n) is 4.86. The minimum atomic E-state index is -0.691. The molecular weight excluding hydrogens is 479 g/mol. The number of ether oxygens (including phenoxy) is 1. The summed E-state index contributed by atoms with van der Waals surface area (Å²) in [5.74, 6) is -0.545. The molecule has 158 valence electrons. The van der Waals surface area contributed by atoms with Crippen LogP contribution in [0.3, 0.4) is 0 Å². The lowest BCUT2D eigenvalue weighted by atomic mass is 9.96. The number of allylic oxidation sites excluding steroid dienone is 1. The van der Waals surface area contributed by atoms with E-state index in [2.05, 4.69) is 4.99 Å². The maximum absolute atomic E-state index is 13.4. The Morgan fingerprint density at radius 2 is 1.81 bits per heavy atom. The number of carbonyl (C=O) groups is 1. The van der Waals surface area contributed by atoms with E-state index in [1.54, 1.807) is 55.5 Å². The van der Waals surface area contributed by atoms with E-state index in [-0.39, 0.29) is 5.56 Å². The number of hydrogen-bond donors (Lipinski definition) is 0. The van der Waals surface area contributed by atoms with Crippen molar-refractivity contribution >= 4 is 58.2 Å². The molecular formula is C22H15Cl3N2O3S. The van der Waals surface area contributed by atoms with Gasteiger partial charge in [0, 0.05) is 15.1 Å². The van der Waals surface area contributed by atoms with Crippen LogP contribution < -0.4 is 14.9 Å². The lowest BCUT2D eigenvalue weighted by molar-refractivity contribution is -0.136. The second-order valence-corrected chi connectivity index (χ2v) is 9.08. The SMILES string of the molecule is COC(=O)C1=C(C)N=c2s/c(=C\c3ccc(Cl)cc3Cl)c(=O)n2[C@@H]1c1ccc(Cl)cc1. The summed E-state index contributed by atoms with van der Waals surface area (Å²) in [7, 11) is 1.30. The number of carbonyl (C=O) groups excluding carboxylic acids is 1. The largest absolute Gasteiger partial charge is 0.466 e. The van der Waals surface area contributed by atoms with Gasteiger partial charge in [0.05, 0.1) is 29.0 Å². The molecule has 0 bridgehead atoms. The average Bonchev–Trinajstić information content (AvgIpc) is 3.04. The summed E-state index contributed by atoms with van der Waals surface area (Å²) in [6.07, 6.45) is 1.69. The van der Waals surface area contributed by atoms with Crippen molar-refractivity contribution in [3.63, 3.8) is 0 Å². The molecule has 0 N–H and O–H groups in total.